The summed E-state index contributed by atoms with van der Waals surface area (Å²) in [4.78, 5) is 30.6. The number of nitrogens with zero attached hydrogens (tertiary/aromatic N) is 2. The molecular formula is C20H17Cl2F3N4O2. The minimum Gasteiger partial charge on any atom is -0.386 e. The fourth-order valence-electron chi connectivity index (χ4n) is 2.73. The first-order chi connectivity index (χ1) is 14.7. The number of amides is 1. The predicted molar refractivity (Wildman–Crippen MR) is 111 cm³/mol. The van der Waals surface area contributed by atoms with Crippen LogP contribution >= 0.6 is 23.2 Å². The third-order valence-corrected chi connectivity index (χ3v) is 4.77. The lowest BCUT2D eigenvalue weighted by molar-refractivity contribution is -0.126. The zero-order chi connectivity index (χ0) is 23.1. The van der Waals surface area contributed by atoms with Crippen molar-refractivity contribution in [3.8, 4) is 0 Å². The summed E-state index contributed by atoms with van der Waals surface area (Å²) in [5, 5.41) is 9.57. The molecule has 6 nitrogen and oxygen atoms in total. The summed E-state index contributed by atoms with van der Waals surface area (Å²) in [6, 6.07) is 5.07. The number of carbonyl (C=O) groups is 2. The zero-order valence-corrected chi connectivity index (χ0v) is 17.6. The molecule has 0 bridgehead atoms. The van der Waals surface area contributed by atoms with Gasteiger partial charge in [-0.05, 0) is 17.7 Å². The van der Waals surface area contributed by atoms with Crippen LogP contribution in [0.25, 0.3) is 0 Å². The number of hydrogen-bond donors (Lipinski definition) is 2. The molecule has 0 saturated carbocycles. The zero-order valence-electron chi connectivity index (χ0n) is 16.1. The van der Waals surface area contributed by atoms with Crippen molar-refractivity contribution < 1.29 is 22.8 Å². The Hall–Kier alpha value is -2.91. The Morgan fingerprint density at radius 1 is 1.19 bits per heavy atom. The van der Waals surface area contributed by atoms with Crippen LogP contribution < -0.4 is 5.32 Å². The number of pyridine rings is 1. The van der Waals surface area contributed by atoms with Gasteiger partial charge in [0.15, 0.2) is 5.78 Å². The van der Waals surface area contributed by atoms with Crippen LogP contribution in [0.4, 0.5) is 13.2 Å². The topological polar surface area (TPSA) is 86.2 Å². The molecule has 0 unspecified atom stereocenters. The summed E-state index contributed by atoms with van der Waals surface area (Å²) in [5.74, 6) is -2.18. The second-order valence-corrected chi connectivity index (χ2v) is 7.03. The highest BCUT2D eigenvalue weighted by atomic mass is 35.5. The van der Waals surface area contributed by atoms with E-state index >= 15 is 0 Å². The number of ketones is 1. The van der Waals surface area contributed by atoms with Crippen molar-refractivity contribution in [2.45, 2.75) is 13.0 Å². The number of rotatable bonds is 9. The Kier molecular flexibility index (Phi) is 8.58. The average molecular weight is 473 g/mol. The first-order valence-corrected chi connectivity index (χ1v) is 9.51. The molecule has 11 heteroatoms. The third-order valence-electron chi connectivity index (χ3n) is 4.19. The fourth-order valence-corrected chi connectivity index (χ4v) is 3.30. The molecule has 2 aromatic rings. The van der Waals surface area contributed by atoms with Crippen molar-refractivity contribution in [1.29, 1.82) is 5.41 Å². The smallest absolute Gasteiger partial charge is 0.278 e. The van der Waals surface area contributed by atoms with Gasteiger partial charge in [-0.3, -0.25) is 14.6 Å². The van der Waals surface area contributed by atoms with Crippen LogP contribution in [0.1, 0.15) is 15.9 Å². The second kappa shape index (κ2) is 10.9. The van der Waals surface area contributed by atoms with E-state index in [0.29, 0.717) is 11.8 Å². The average Bonchev–Trinajstić information content (AvgIpc) is 2.72. The summed E-state index contributed by atoms with van der Waals surface area (Å²) >= 11 is 12.0. The van der Waals surface area contributed by atoms with E-state index in [9.17, 15) is 22.8 Å². The Bertz CT molecular complexity index is 994. The maximum Gasteiger partial charge on any atom is 0.278 e. The molecule has 0 aliphatic carbocycles. The van der Waals surface area contributed by atoms with Gasteiger partial charge < -0.3 is 15.6 Å². The van der Waals surface area contributed by atoms with Gasteiger partial charge >= 0.3 is 0 Å². The molecule has 164 valence electrons. The third kappa shape index (κ3) is 6.05. The van der Waals surface area contributed by atoms with Crippen LogP contribution in [0.5, 0.6) is 0 Å². The summed E-state index contributed by atoms with van der Waals surface area (Å²) in [7, 11) is 1.18. The van der Waals surface area contributed by atoms with Gasteiger partial charge in [-0.25, -0.2) is 13.2 Å². The normalized spacial score (nSPS) is 11.7. The number of aromatic nitrogens is 1. The quantitative estimate of drug-likeness (QED) is 0.326. The molecule has 1 aromatic heterocycles. The number of halogens is 5. The van der Waals surface area contributed by atoms with E-state index in [1.165, 1.54) is 31.6 Å². The summed E-state index contributed by atoms with van der Waals surface area (Å²) in [5.41, 5.74) is -1.05. The molecule has 31 heavy (non-hydrogen) atoms. The molecule has 1 aromatic carbocycles. The number of hydrogen-bond acceptors (Lipinski definition) is 5. The van der Waals surface area contributed by atoms with Gasteiger partial charge in [-0.2, -0.15) is 0 Å². The highest BCUT2D eigenvalue weighted by molar-refractivity contribution is 6.39. The highest BCUT2D eigenvalue weighted by Crippen LogP contribution is 2.24. The van der Waals surface area contributed by atoms with E-state index in [2.05, 4.69) is 10.3 Å². The molecule has 0 aliphatic rings. The molecule has 0 radical (unpaired) electrons. The lowest BCUT2D eigenvalue weighted by atomic mass is 10.1. The molecule has 0 spiro atoms. The van der Waals surface area contributed by atoms with Crippen molar-refractivity contribution in [3.63, 3.8) is 0 Å². The summed E-state index contributed by atoms with van der Waals surface area (Å²) < 4.78 is 39.9. The van der Waals surface area contributed by atoms with E-state index in [1.807, 2.05) is 0 Å². The highest BCUT2D eigenvalue weighted by Gasteiger charge is 2.27. The van der Waals surface area contributed by atoms with Gasteiger partial charge in [0.2, 0.25) is 0 Å². The lowest BCUT2D eigenvalue weighted by Gasteiger charge is -2.24. The van der Waals surface area contributed by atoms with Gasteiger partial charge in [0.25, 0.3) is 12.3 Å². The van der Waals surface area contributed by atoms with Crippen LogP contribution in [0.2, 0.25) is 10.0 Å². The molecule has 2 N–H and O–H groups in total. The number of alkyl halides is 2. The monoisotopic (exact) mass is 472 g/mol. The molecule has 1 amide bonds. The van der Waals surface area contributed by atoms with Crippen molar-refractivity contribution in [1.82, 2.24) is 15.2 Å². The van der Waals surface area contributed by atoms with Gasteiger partial charge in [0.05, 0.1) is 33.4 Å². The van der Waals surface area contributed by atoms with Gasteiger partial charge in [0.1, 0.15) is 5.82 Å². The number of Topliss-reactive ketones (excluding diaryl/α,β-unsaturated/α-hetero) is 1. The molecule has 0 atom stereocenters. The fraction of sp³-hybridized carbons (Fsp3) is 0.200. The molecule has 0 saturated heterocycles. The number of benzene rings is 1. The Labute approximate surface area is 186 Å². The van der Waals surface area contributed by atoms with Gasteiger partial charge in [-0.1, -0.05) is 35.3 Å². The van der Waals surface area contributed by atoms with Crippen LogP contribution in [0.15, 0.2) is 47.9 Å². The molecule has 1 heterocycles. The Morgan fingerprint density at radius 3 is 2.26 bits per heavy atom. The van der Waals surface area contributed by atoms with Crippen LogP contribution in [-0.2, 0) is 11.3 Å². The van der Waals surface area contributed by atoms with E-state index in [-0.39, 0.29) is 22.2 Å². The van der Waals surface area contributed by atoms with Crippen LogP contribution in [-0.4, -0.2) is 47.8 Å². The molecular weight excluding hydrogens is 456 g/mol. The van der Waals surface area contributed by atoms with Crippen LogP contribution in [0.3, 0.4) is 0 Å². The van der Waals surface area contributed by atoms with Gasteiger partial charge in [-0.15, -0.1) is 0 Å². The number of carbonyl (C=O) groups excluding carboxylic acids is 2. The summed E-state index contributed by atoms with van der Waals surface area (Å²) in [6.45, 7) is -0.806. The molecule has 0 aliphatic heterocycles. The van der Waals surface area contributed by atoms with Crippen LogP contribution in [0, 0.1) is 11.2 Å². The second-order valence-electron chi connectivity index (χ2n) is 6.21. The molecule has 2 rings (SSSR count). The number of nitrogens with one attached hydrogen (secondary N) is 2. The number of allylic oxidation sites excluding steroid dienone is 1. The Morgan fingerprint density at radius 2 is 1.77 bits per heavy atom. The Balaban J connectivity index is 2.47. The minimum absolute atomic E-state index is 0.0435. The van der Waals surface area contributed by atoms with Crippen molar-refractivity contribution >= 4 is 41.1 Å². The van der Waals surface area contributed by atoms with Crippen molar-refractivity contribution in [2.24, 2.45) is 0 Å². The maximum atomic E-state index is 13.3. The maximum absolute atomic E-state index is 13.3. The summed E-state index contributed by atoms with van der Waals surface area (Å²) in [6.07, 6.45) is -0.176. The first kappa shape index (κ1) is 24.4. The molecule has 0 fully saturated rings. The lowest BCUT2D eigenvalue weighted by Crippen LogP contribution is -2.38. The van der Waals surface area contributed by atoms with E-state index in [0.717, 1.165) is 17.0 Å². The predicted octanol–water partition coefficient (Wildman–Crippen LogP) is 4.13. The minimum atomic E-state index is -3.06. The van der Waals surface area contributed by atoms with E-state index < -0.39 is 41.7 Å². The van der Waals surface area contributed by atoms with Gasteiger partial charge in [0, 0.05) is 32.2 Å². The standard InChI is InChI=1S/C20H17Cl2F3N4O2/c1-27-18(19(24)25)13(6-26)20(31)29(9-11-2-4-12(23)5-3-11)10-16(30)17-14(21)7-28-8-15(17)22/h2-8,19,26-27H,9-10H2,1H3/b18-13+,26-6?. The largest absolute Gasteiger partial charge is 0.386 e. The first-order valence-electron chi connectivity index (χ1n) is 8.76. The van der Waals surface area contributed by atoms with Crippen molar-refractivity contribution in [3.05, 3.63) is 74.9 Å². The van der Waals surface area contributed by atoms with E-state index in [1.54, 1.807) is 0 Å². The van der Waals surface area contributed by atoms with E-state index in [4.69, 9.17) is 28.6 Å². The SMILES string of the molecule is CN/C(=C(\C=N)C(=O)N(CC(=O)c1c(Cl)cncc1Cl)Cc1ccc(F)cc1)C(F)F. The van der Waals surface area contributed by atoms with Crippen molar-refractivity contribution in [2.75, 3.05) is 13.6 Å².